The number of aromatic nitrogens is 3. The van der Waals surface area contributed by atoms with Crippen molar-refractivity contribution in [2.45, 2.75) is 12.8 Å². The monoisotopic (exact) mass is 331 g/mol. The highest BCUT2D eigenvalue weighted by atomic mass is 35.5. The number of imidazole rings is 1. The van der Waals surface area contributed by atoms with Gasteiger partial charge in [0.15, 0.2) is 11.3 Å². The van der Waals surface area contributed by atoms with Crippen LogP contribution in [-0.2, 0) is 11.8 Å². The van der Waals surface area contributed by atoms with Crippen LogP contribution < -0.4 is 5.56 Å². The number of benzene rings is 1. The first-order valence-electron chi connectivity index (χ1n) is 7.39. The molecule has 1 fully saturated rings. The molecule has 1 aliphatic rings. The number of hydrogen-bond acceptors (Lipinski definition) is 4. The molecule has 7 heteroatoms. The van der Waals surface area contributed by atoms with Crippen molar-refractivity contribution in [3.05, 3.63) is 45.6 Å². The van der Waals surface area contributed by atoms with Crippen molar-refractivity contribution in [3.8, 4) is 0 Å². The van der Waals surface area contributed by atoms with Gasteiger partial charge in [-0.1, -0.05) is 17.7 Å². The number of carbonyl (C=O) groups excluding carboxylic acids is 1. The lowest BCUT2D eigenvalue weighted by Crippen LogP contribution is -2.21. The standard InChI is InChI=1S/C16H14ClN3O3/c1-19-14-13(16(22)23-7-9-5-6-9)18-8-20(14)11-4-2-3-10(17)12(11)15(19)21/h2-4,8-9H,5-7H2,1H3. The van der Waals surface area contributed by atoms with Gasteiger partial charge in [0.2, 0.25) is 0 Å². The lowest BCUT2D eigenvalue weighted by atomic mass is 10.2. The van der Waals surface area contributed by atoms with Crippen LogP contribution in [0.15, 0.2) is 29.3 Å². The number of aryl methyl sites for hydroxylation is 1. The smallest absolute Gasteiger partial charge is 0.360 e. The zero-order valence-corrected chi connectivity index (χ0v) is 13.2. The Hall–Kier alpha value is -2.34. The Kier molecular flexibility index (Phi) is 3.16. The van der Waals surface area contributed by atoms with Crippen LogP contribution in [0.2, 0.25) is 5.02 Å². The van der Waals surface area contributed by atoms with Gasteiger partial charge in [-0.2, -0.15) is 0 Å². The van der Waals surface area contributed by atoms with Crippen LogP contribution in [-0.4, -0.2) is 26.5 Å². The lowest BCUT2D eigenvalue weighted by Gasteiger charge is -2.09. The second kappa shape index (κ2) is 5.09. The second-order valence-corrected chi connectivity index (χ2v) is 6.23. The molecule has 0 amide bonds. The summed E-state index contributed by atoms with van der Waals surface area (Å²) in [7, 11) is 1.60. The number of fused-ring (bicyclic) bond motifs is 3. The van der Waals surface area contributed by atoms with Crippen LogP contribution >= 0.6 is 11.6 Å². The van der Waals surface area contributed by atoms with Gasteiger partial charge in [-0.15, -0.1) is 0 Å². The highest BCUT2D eigenvalue weighted by molar-refractivity contribution is 6.35. The predicted molar refractivity (Wildman–Crippen MR) is 86.0 cm³/mol. The molecule has 0 bridgehead atoms. The number of rotatable bonds is 3. The van der Waals surface area contributed by atoms with E-state index < -0.39 is 5.97 Å². The summed E-state index contributed by atoms with van der Waals surface area (Å²) in [5, 5.41) is 0.774. The summed E-state index contributed by atoms with van der Waals surface area (Å²) in [6, 6.07) is 5.20. The van der Waals surface area contributed by atoms with E-state index in [1.54, 1.807) is 29.6 Å². The molecule has 1 aliphatic carbocycles. The maximum atomic E-state index is 12.6. The van der Waals surface area contributed by atoms with E-state index in [9.17, 15) is 9.59 Å². The molecule has 0 radical (unpaired) electrons. The molecule has 4 rings (SSSR count). The maximum absolute atomic E-state index is 12.6. The van der Waals surface area contributed by atoms with E-state index in [1.807, 2.05) is 0 Å². The van der Waals surface area contributed by atoms with Crippen molar-refractivity contribution in [2.24, 2.45) is 13.0 Å². The van der Waals surface area contributed by atoms with Gasteiger partial charge in [-0.3, -0.25) is 13.8 Å². The predicted octanol–water partition coefficient (Wildman–Crippen LogP) is 2.41. The minimum atomic E-state index is -0.504. The molecule has 2 aromatic heterocycles. The molecule has 1 saturated carbocycles. The maximum Gasteiger partial charge on any atom is 0.360 e. The van der Waals surface area contributed by atoms with Crippen molar-refractivity contribution in [2.75, 3.05) is 6.61 Å². The topological polar surface area (TPSA) is 65.6 Å². The fourth-order valence-electron chi connectivity index (χ4n) is 2.72. The van der Waals surface area contributed by atoms with Crippen LogP contribution in [0, 0.1) is 5.92 Å². The summed E-state index contributed by atoms with van der Waals surface area (Å²) < 4.78 is 8.37. The first kappa shape index (κ1) is 14.3. The van der Waals surface area contributed by atoms with E-state index in [1.165, 1.54) is 10.9 Å². The van der Waals surface area contributed by atoms with Crippen molar-refractivity contribution in [1.82, 2.24) is 14.0 Å². The van der Waals surface area contributed by atoms with Crippen molar-refractivity contribution in [1.29, 1.82) is 0 Å². The Morgan fingerprint density at radius 2 is 2.22 bits per heavy atom. The van der Waals surface area contributed by atoms with Crippen LogP contribution in [0.3, 0.4) is 0 Å². The van der Waals surface area contributed by atoms with E-state index in [4.69, 9.17) is 16.3 Å². The summed E-state index contributed by atoms with van der Waals surface area (Å²) in [6.07, 6.45) is 3.71. The van der Waals surface area contributed by atoms with Gasteiger partial charge in [0.1, 0.15) is 6.33 Å². The van der Waals surface area contributed by atoms with Crippen molar-refractivity contribution >= 4 is 34.1 Å². The molecular formula is C16H14ClN3O3. The van der Waals surface area contributed by atoms with E-state index >= 15 is 0 Å². The van der Waals surface area contributed by atoms with Gasteiger partial charge < -0.3 is 4.74 Å². The normalized spacial score (nSPS) is 14.5. The zero-order valence-electron chi connectivity index (χ0n) is 12.5. The lowest BCUT2D eigenvalue weighted by molar-refractivity contribution is 0.0481. The van der Waals surface area contributed by atoms with E-state index in [2.05, 4.69) is 4.98 Å². The number of halogens is 1. The third-order valence-corrected chi connectivity index (χ3v) is 4.49. The average molecular weight is 332 g/mol. The van der Waals surface area contributed by atoms with E-state index in [0.29, 0.717) is 34.1 Å². The first-order chi connectivity index (χ1) is 11.1. The molecule has 6 nitrogen and oxygen atoms in total. The molecular weight excluding hydrogens is 318 g/mol. The number of nitrogens with zero attached hydrogens (tertiary/aromatic N) is 3. The van der Waals surface area contributed by atoms with E-state index in [-0.39, 0.29) is 11.3 Å². The van der Waals surface area contributed by atoms with Crippen LogP contribution in [0.5, 0.6) is 0 Å². The fourth-order valence-corrected chi connectivity index (χ4v) is 2.97. The number of carbonyl (C=O) groups is 1. The number of hydrogen-bond donors (Lipinski definition) is 0. The molecule has 0 spiro atoms. The Morgan fingerprint density at radius 3 is 2.96 bits per heavy atom. The fraction of sp³-hybridized carbons (Fsp3) is 0.312. The third kappa shape index (κ3) is 2.21. The van der Waals surface area contributed by atoms with Gasteiger partial charge in [0.25, 0.3) is 5.56 Å². The Bertz CT molecular complexity index is 1000. The first-order valence-corrected chi connectivity index (χ1v) is 7.77. The van der Waals surface area contributed by atoms with E-state index in [0.717, 1.165) is 12.8 Å². The highest BCUT2D eigenvalue weighted by Gasteiger charge is 2.26. The Balaban J connectivity index is 1.93. The molecule has 118 valence electrons. The van der Waals surface area contributed by atoms with Gasteiger partial charge in [0, 0.05) is 7.05 Å². The molecule has 2 heterocycles. The summed E-state index contributed by atoms with van der Waals surface area (Å²) >= 11 is 6.16. The van der Waals surface area contributed by atoms with Crippen LogP contribution in [0.1, 0.15) is 23.3 Å². The Labute approximate surface area is 136 Å². The molecule has 1 aromatic carbocycles. The van der Waals surface area contributed by atoms with Crippen LogP contribution in [0.25, 0.3) is 16.6 Å². The molecule has 0 saturated heterocycles. The molecule has 0 N–H and O–H groups in total. The molecule has 0 unspecified atom stereocenters. The molecule has 3 aromatic rings. The van der Waals surface area contributed by atoms with Gasteiger partial charge in [-0.05, 0) is 30.9 Å². The summed E-state index contributed by atoms with van der Waals surface area (Å²) in [6.45, 7) is 0.408. The van der Waals surface area contributed by atoms with Gasteiger partial charge in [0.05, 0.1) is 22.5 Å². The summed E-state index contributed by atoms with van der Waals surface area (Å²) in [5.74, 6) is -0.0351. The zero-order chi connectivity index (χ0) is 16.1. The third-order valence-electron chi connectivity index (χ3n) is 4.17. The molecule has 0 atom stereocenters. The highest BCUT2D eigenvalue weighted by Crippen LogP contribution is 2.29. The largest absolute Gasteiger partial charge is 0.461 e. The van der Waals surface area contributed by atoms with Crippen molar-refractivity contribution < 1.29 is 9.53 Å². The SMILES string of the molecule is Cn1c(=O)c2c(Cl)cccc2n2cnc(C(=O)OCC3CC3)c12. The average Bonchev–Trinajstić information content (AvgIpc) is 3.26. The van der Waals surface area contributed by atoms with Gasteiger partial charge in [-0.25, -0.2) is 9.78 Å². The Morgan fingerprint density at radius 1 is 1.43 bits per heavy atom. The minimum Gasteiger partial charge on any atom is -0.461 e. The van der Waals surface area contributed by atoms with Crippen molar-refractivity contribution in [3.63, 3.8) is 0 Å². The number of esters is 1. The van der Waals surface area contributed by atoms with Crippen LogP contribution in [0.4, 0.5) is 0 Å². The van der Waals surface area contributed by atoms with Gasteiger partial charge >= 0.3 is 5.97 Å². The summed E-state index contributed by atoms with van der Waals surface area (Å²) in [4.78, 5) is 29.0. The molecule has 23 heavy (non-hydrogen) atoms. The second-order valence-electron chi connectivity index (χ2n) is 5.83. The quantitative estimate of drug-likeness (QED) is 0.691. The minimum absolute atomic E-state index is 0.145. The summed E-state index contributed by atoms with van der Waals surface area (Å²) in [5.41, 5.74) is 0.900. The molecule has 0 aliphatic heterocycles. The number of ether oxygens (including phenoxy) is 1.